The van der Waals surface area contributed by atoms with E-state index >= 15 is 0 Å². The van der Waals surface area contributed by atoms with Crippen molar-refractivity contribution in [2.45, 2.75) is 20.3 Å². The third-order valence-corrected chi connectivity index (χ3v) is 4.42. The summed E-state index contributed by atoms with van der Waals surface area (Å²) in [5, 5.41) is 13.7. The van der Waals surface area contributed by atoms with Gasteiger partial charge in [0.05, 0.1) is 11.6 Å². The number of likely N-dealkylation sites (tertiary alicyclic amines) is 1. The minimum absolute atomic E-state index is 0.167. The number of benzene rings is 1. The maximum atomic E-state index is 12.8. The van der Waals surface area contributed by atoms with Gasteiger partial charge in [-0.15, -0.1) is 0 Å². The highest BCUT2D eigenvalue weighted by atomic mass is 16.4. The first-order chi connectivity index (χ1) is 11.5. The van der Waals surface area contributed by atoms with Crippen LogP contribution in [0.4, 0.5) is 0 Å². The topological polar surface area (TPSA) is 75.4 Å². The predicted octanol–water partition coefficient (Wildman–Crippen LogP) is 2.36. The van der Waals surface area contributed by atoms with E-state index in [1.54, 1.807) is 9.58 Å². The summed E-state index contributed by atoms with van der Waals surface area (Å²) in [4.78, 5) is 25.8. The number of rotatable bonds is 3. The Morgan fingerprint density at radius 1 is 1.21 bits per heavy atom. The maximum Gasteiger partial charge on any atom is 0.308 e. The Bertz CT molecular complexity index is 754. The lowest BCUT2D eigenvalue weighted by Gasteiger charge is -2.34. The van der Waals surface area contributed by atoms with Crippen LogP contribution in [0.2, 0.25) is 0 Å². The fraction of sp³-hybridized carbons (Fsp3) is 0.389. The highest BCUT2D eigenvalue weighted by Gasteiger charge is 2.33. The largest absolute Gasteiger partial charge is 0.481 e. The summed E-state index contributed by atoms with van der Waals surface area (Å²) in [6.45, 7) is 4.64. The summed E-state index contributed by atoms with van der Waals surface area (Å²) in [5.41, 5.74) is 2.06. The third kappa shape index (κ3) is 3.18. The van der Waals surface area contributed by atoms with Gasteiger partial charge in [0, 0.05) is 24.8 Å². The van der Waals surface area contributed by atoms with Crippen LogP contribution in [0.3, 0.4) is 0 Å². The molecule has 0 bridgehead atoms. The molecular formula is C18H21N3O3. The van der Waals surface area contributed by atoms with Crippen molar-refractivity contribution in [2.75, 3.05) is 13.1 Å². The number of para-hydroxylation sites is 1. The van der Waals surface area contributed by atoms with E-state index in [0.29, 0.717) is 18.7 Å². The molecule has 3 rings (SSSR count). The number of nitrogens with zero attached hydrogens (tertiary/aromatic N) is 3. The second-order valence-corrected chi connectivity index (χ2v) is 6.53. The lowest BCUT2D eigenvalue weighted by molar-refractivity contribution is -0.143. The monoisotopic (exact) mass is 327 g/mol. The van der Waals surface area contributed by atoms with Crippen molar-refractivity contribution in [3.05, 3.63) is 47.8 Å². The molecule has 0 aliphatic carbocycles. The van der Waals surface area contributed by atoms with Gasteiger partial charge >= 0.3 is 5.97 Å². The lowest BCUT2D eigenvalue weighted by Crippen LogP contribution is -2.45. The third-order valence-electron chi connectivity index (χ3n) is 4.42. The minimum atomic E-state index is -0.842. The first kappa shape index (κ1) is 16.2. The number of aliphatic carboxylic acids is 1. The highest BCUT2D eigenvalue weighted by Crippen LogP contribution is 2.24. The summed E-state index contributed by atoms with van der Waals surface area (Å²) < 4.78 is 1.69. The molecule has 2 aromatic rings. The molecule has 1 aliphatic heterocycles. The normalized spacial score (nSPS) is 20.8. The second-order valence-electron chi connectivity index (χ2n) is 6.53. The standard InChI is InChI=1S/C18H21N3O3/c1-12-8-14(18(23)24)11-20(9-12)17(22)16-13(2)10-21(19-16)15-6-4-3-5-7-15/h3-7,10,12,14H,8-9,11H2,1-2H3,(H,23,24). The first-order valence-electron chi connectivity index (χ1n) is 8.09. The van der Waals surface area contributed by atoms with E-state index in [1.165, 1.54) is 0 Å². The van der Waals surface area contributed by atoms with Crippen LogP contribution in [0.5, 0.6) is 0 Å². The molecule has 24 heavy (non-hydrogen) atoms. The number of carboxylic acids is 1. The maximum absolute atomic E-state index is 12.8. The van der Waals surface area contributed by atoms with Crippen LogP contribution >= 0.6 is 0 Å². The summed E-state index contributed by atoms with van der Waals surface area (Å²) in [7, 11) is 0. The molecule has 126 valence electrons. The quantitative estimate of drug-likeness (QED) is 0.939. The van der Waals surface area contributed by atoms with Gasteiger partial charge < -0.3 is 10.0 Å². The summed E-state index contributed by atoms with van der Waals surface area (Å²) in [6.07, 6.45) is 2.43. The van der Waals surface area contributed by atoms with Gasteiger partial charge in [0.2, 0.25) is 0 Å². The Kier molecular flexibility index (Phi) is 4.38. The van der Waals surface area contributed by atoms with Gasteiger partial charge in [-0.1, -0.05) is 25.1 Å². The van der Waals surface area contributed by atoms with Crippen LogP contribution < -0.4 is 0 Å². The van der Waals surface area contributed by atoms with Gasteiger partial charge in [-0.3, -0.25) is 9.59 Å². The Hall–Kier alpha value is -2.63. The number of hydrogen-bond donors (Lipinski definition) is 1. The molecule has 1 amide bonds. The Balaban J connectivity index is 1.85. The molecular weight excluding hydrogens is 306 g/mol. The van der Waals surface area contributed by atoms with Crippen LogP contribution in [0.25, 0.3) is 5.69 Å². The molecule has 6 heteroatoms. The van der Waals surface area contributed by atoms with Crippen molar-refractivity contribution in [2.24, 2.45) is 11.8 Å². The van der Waals surface area contributed by atoms with E-state index in [1.807, 2.05) is 50.4 Å². The Labute approximate surface area is 140 Å². The van der Waals surface area contributed by atoms with Crippen molar-refractivity contribution in [3.63, 3.8) is 0 Å². The molecule has 1 fully saturated rings. The molecule has 0 radical (unpaired) electrons. The number of carboxylic acid groups (broad SMARTS) is 1. The molecule has 1 N–H and O–H groups in total. The number of aromatic nitrogens is 2. The number of hydrogen-bond acceptors (Lipinski definition) is 3. The van der Waals surface area contributed by atoms with Crippen molar-refractivity contribution < 1.29 is 14.7 Å². The number of piperidine rings is 1. The van der Waals surface area contributed by atoms with Crippen LogP contribution in [0.1, 0.15) is 29.4 Å². The molecule has 1 aromatic carbocycles. The van der Waals surface area contributed by atoms with Crippen molar-refractivity contribution >= 4 is 11.9 Å². The second kappa shape index (κ2) is 6.47. The van der Waals surface area contributed by atoms with Gasteiger partial charge in [0.1, 0.15) is 0 Å². The van der Waals surface area contributed by atoms with E-state index < -0.39 is 11.9 Å². The summed E-state index contributed by atoms with van der Waals surface area (Å²) in [6, 6.07) is 9.59. The summed E-state index contributed by atoms with van der Waals surface area (Å²) in [5.74, 6) is -1.37. The predicted molar refractivity (Wildman–Crippen MR) is 89.1 cm³/mol. The van der Waals surface area contributed by atoms with Gasteiger partial charge in [0.25, 0.3) is 5.91 Å². The van der Waals surface area contributed by atoms with E-state index in [0.717, 1.165) is 11.3 Å². The minimum Gasteiger partial charge on any atom is -0.481 e. The zero-order valence-electron chi connectivity index (χ0n) is 13.8. The molecule has 2 heterocycles. The number of amides is 1. The number of carbonyl (C=O) groups is 2. The van der Waals surface area contributed by atoms with E-state index in [9.17, 15) is 14.7 Å². The first-order valence-corrected chi connectivity index (χ1v) is 8.09. The van der Waals surface area contributed by atoms with Crippen molar-refractivity contribution in [1.29, 1.82) is 0 Å². The Morgan fingerprint density at radius 3 is 2.58 bits per heavy atom. The van der Waals surface area contributed by atoms with Crippen LogP contribution in [-0.4, -0.2) is 44.8 Å². The molecule has 1 aliphatic rings. The molecule has 6 nitrogen and oxygen atoms in total. The zero-order chi connectivity index (χ0) is 17.3. The fourth-order valence-electron chi connectivity index (χ4n) is 3.23. The number of aryl methyl sites for hydroxylation is 1. The average molecular weight is 327 g/mol. The molecule has 0 saturated carbocycles. The van der Waals surface area contributed by atoms with E-state index in [4.69, 9.17) is 0 Å². The van der Waals surface area contributed by atoms with Gasteiger partial charge in [-0.25, -0.2) is 4.68 Å². The van der Waals surface area contributed by atoms with E-state index in [-0.39, 0.29) is 18.4 Å². The lowest BCUT2D eigenvalue weighted by atomic mass is 9.90. The van der Waals surface area contributed by atoms with Crippen molar-refractivity contribution in [3.8, 4) is 5.69 Å². The van der Waals surface area contributed by atoms with Gasteiger partial charge in [-0.05, 0) is 31.4 Å². The SMILES string of the molecule is Cc1cn(-c2ccccc2)nc1C(=O)N1CC(C)CC(C(=O)O)C1. The smallest absolute Gasteiger partial charge is 0.308 e. The highest BCUT2D eigenvalue weighted by molar-refractivity contribution is 5.94. The van der Waals surface area contributed by atoms with Crippen LogP contribution in [-0.2, 0) is 4.79 Å². The van der Waals surface area contributed by atoms with Crippen molar-refractivity contribution in [1.82, 2.24) is 14.7 Å². The Morgan fingerprint density at radius 2 is 1.92 bits per heavy atom. The molecule has 0 spiro atoms. The zero-order valence-corrected chi connectivity index (χ0v) is 13.8. The fourth-order valence-corrected chi connectivity index (χ4v) is 3.23. The van der Waals surface area contributed by atoms with Gasteiger partial charge in [-0.2, -0.15) is 5.10 Å². The molecule has 1 saturated heterocycles. The number of carbonyl (C=O) groups excluding carboxylic acids is 1. The van der Waals surface area contributed by atoms with E-state index in [2.05, 4.69) is 5.10 Å². The van der Waals surface area contributed by atoms with Crippen LogP contribution in [0, 0.1) is 18.8 Å². The molecule has 2 atom stereocenters. The van der Waals surface area contributed by atoms with Crippen LogP contribution in [0.15, 0.2) is 36.5 Å². The molecule has 2 unspecified atom stereocenters. The van der Waals surface area contributed by atoms with Gasteiger partial charge in [0.15, 0.2) is 5.69 Å². The summed E-state index contributed by atoms with van der Waals surface area (Å²) >= 11 is 0. The average Bonchev–Trinajstić information content (AvgIpc) is 2.96. The molecule has 1 aromatic heterocycles.